The van der Waals surface area contributed by atoms with E-state index in [4.69, 9.17) is 0 Å². The van der Waals surface area contributed by atoms with Gasteiger partial charge in [-0.25, -0.2) is 0 Å². The van der Waals surface area contributed by atoms with Crippen LogP contribution in [0.2, 0.25) is 0 Å². The second kappa shape index (κ2) is 6.04. The lowest BCUT2D eigenvalue weighted by molar-refractivity contribution is -1.03. The maximum Gasteiger partial charge on any atom is 0.127 e. The zero-order valence-electron chi connectivity index (χ0n) is 13.8. The zero-order valence-corrected chi connectivity index (χ0v) is 13.8. The summed E-state index contributed by atoms with van der Waals surface area (Å²) in [5.74, 6) is 3.92. The highest BCUT2D eigenvalue weighted by molar-refractivity contribution is 5.09. The monoisotopic (exact) mass is 290 g/mol. The van der Waals surface area contributed by atoms with Crippen LogP contribution >= 0.6 is 0 Å². The van der Waals surface area contributed by atoms with Crippen molar-refractivity contribution >= 4 is 0 Å². The van der Waals surface area contributed by atoms with Gasteiger partial charge in [0, 0.05) is 5.92 Å². The molecule has 0 radical (unpaired) electrons. The Morgan fingerprint density at radius 2 is 1.67 bits per heavy atom. The first-order valence-corrected chi connectivity index (χ1v) is 9.64. The van der Waals surface area contributed by atoms with Crippen LogP contribution in [0.4, 0.5) is 0 Å². The third-order valence-corrected chi connectivity index (χ3v) is 7.16. The number of piperazine rings is 1. The molecule has 0 aromatic heterocycles. The first kappa shape index (κ1) is 14.3. The van der Waals surface area contributed by atoms with Crippen molar-refractivity contribution in [1.82, 2.24) is 0 Å². The van der Waals surface area contributed by atoms with Crippen molar-refractivity contribution < 1.29 is 9.80 Å². The Hall–Kier alpha value is -0.340. The molecule has 0 aromatic rings. The molecule has 3 atom stereocenters. The number of hydrogen-bond acceptors (Lipinski definition) is 0. The van der Waals surface area contributed by atoms with Gasteiger partial charge in [0.1, 0.15) is 26.2 Å². The summed E-state index contributed by atoms with van der Waals surface area (Å²) in [6, 6.07) is 1.01. The Bertz CT molecular complexity index is 375. The van der Waals surface area contributed by atoms with Gasteiger partial charge in [0.05, 0.1) is 12.6 Å². The van der Waals surface area contributed by atoms with E-state index < -0.39 is 0 Å². The van der Waals surface area contributed by atoms with Gasteiger partial charge < -0.3 is 9.80 Å². The van der Waals surface area contributed by atoms with Crippen molar-refractivity contribution in [3.8, 4) is 0 Å². The highest BCUT2D eigenvalue weighted by Crippen LogP contribution is 2.42. The molecular weight excluding hydrogens is 256 g/mol. The minimum atomic E-state index is 0.952. The van der Waals surface area contributed by atoms with Gasteiger partial charge in [-0.2, -0.15) is 0 Å². The molecule has 2 N–H and O–H groups in total. The van der Waals surface area contributed by atoms with Crippen LogP contribution in [0.15, 0.2) is 12.2 Å². The van der Waals surface area contributed by atoms with Crippen molar-refractivity contribution in [2.24, 2.45) is 23.7 Å². The lowest BCUT2D eigenvalue weighted by atomic mass is 9.86. The minimum Gasteiger partial charge on any atom is -0.325 e. The van der Waals surface area contributed by atoms with Gasteiger partial charge in [-0.1, -0.05) is 19.1 Å². The Morgan fingerprint density at radius 1 is 0.905 bits per heavy atom. The number of quaternary nitrogens is 2. The third-order valence-electron chi connectivity index (χ3n) is 7.16. The number of allylic oxidation sites excluding steroid dienone is 2. The molecule has 4 aliphatic rings. The van der Waals surface area contributed by atoms with Gasteiger partial charge in [0.2, 0.25) is 0 Å². The van der Waals surface area contributed by atoms with Crippen LogP contribution in [0.5, 0.6) is 0 Å². The summed E-state index contributed by atoms with van der Waals surface area (Å²) in [6.07, 6.45) is 14.0. The molecule has 3 aliphatic carbocycles. The van der Waals surface area contributed by atoms with E-state index in [1.807, 2.05) is 9.80 Å². The topological polar surface area (TPSA) is 8.88 Å². The molecule has 1 heterocycles. The Kier molecular flexibility index (Phi) is 4.10. The van der Waals surface area contributed by atoms with Crippen LogP contribution in [0.25, 0.3) is 0 Å². The van der Waals surface area contributed by atoms with E-state index in [1.54, 1.807) is 0 Å². The van der Waals surface area contributed by atoms with Crippen molar-refractivity contribution in [2.45, 2.75) is 51.5 Å². The number of hydrogen-bond donors (Lipinski definition) is 2. The summed E-state index contributed by atoms with van der Waals surface area (Å²) in [4.78, 5) is 3.88. The van der Waals surface area contributed by atoms with Crippen LogP contribution in [-0.4, -0.2) is 38.8 Å². The van der Waals surface area contributed by atoms with Crippen LogP contribution in [0.3, 0.4) is 0 Å². The molecule has 2 heteroatoms. The highest BCUT2D eigenvalue weighted by Gasteiger charge is 2.39. The lowest BCUT2D eigenvalue weighted by Crippen LogP contribution is -3.29. The van der Waals surface area contributed by atoms with Gasteiger partial charge in [-0.3, -0.25) is 0 Å². The summed E-state index contributed by atoms with van der Waals surface area (Å²) in [6.45, 7) is 9.70. The molecule has 4 rings (SSSR count). The molecule has 0 aromatic carbocycles. The van der Waals surface area contributed by atoms with Crippen LogP contribution in [0.1, 0.15) is 45.4 Å². The first-order valence-electron chi connectivity index (χ1n) is 9.64. The molecular formula is C19H34N2+2. The minimum absolute atomic E-state index is 0.952. The molecule has 1 saturated heterocycles. The fraction of sp³-hybridized carbons (Fsp3) is 0.895. The lowest BCUT2D eigenvalue weighted by Gasteiger charge is -2.38. The molecule has 2 nitrogen and oxygen atoms in total. The Labute approximate surface area is 130 Å². The van der Waals surface area contributed by atoms with E-state index in [-0.39, 0.29) is 0 Å². The molecule has 2 saturated carbocycles. The maximum absolute atomic E-state index is 2.53. The molecule has 2 bridgehead atoms. The molecule has 21 heavy (non-hydrogen) atoms. The fourth-order valence-corrected chi connectivity index (χ4v) is 5.71. The Balaban J connectivity index is 1.23. The normalized spacial score (nSPS) is 49.7. The summed E-state index contributed by atoms with van der Waals surface area (Å²) in [5, 5.41) is 0. The summed E-state index contributed by atoms with van der Waals surface area (Å²) < 4.78 is 0. The predicted octanol–water partition coefficient (Wildman–Crippen LogP) is 0.561. The van der Waals surface area contributed by atoms with E-state index >= 15 is 0 Å². The van der Waals surface area contributed by atoms with Crippen LogP contribution in [-0.2, 0) is 0 Å². The fourth-order valence-electron chi connectivity index (χ4n) is 5.71. The van der Waals surface area contributed by atoms with Crippen molar-refractivity contribution in [3.63, 3.8) is 0 Å². The zero-order chi connectivity index (χ0) is 14.2. The second-order valence-electron chi connectivity index (χ2n) is 8.61. The molecule has 0 spiro atoms. The molecule has 0 unspecified atom stereocenters. The van der Waals surface area contributed by atoms with Gasteiger partial charge in [0.15, 0.2) is 0 Å². The SMILES string of the molecule is CC1CCC([NH+]2CC[NH+](C[C@@H]3C[C@H]4C=C[C@@H]3C4)CC2)CC1. The number of rotatable bonds is 3. The third kappa shape index (κ3) is 3.07. The maximum atomic E-state index is 2.53. The van der Waals surface area contributed by atoms with E-state index in [0.717, 1.165) is 29.7 Å². The quantitative estimate of drug-likeness (QED) is 0.703. The average molecular weight is 290 g/mol. The van der Waals surface area contributed by atoms with E-state index in [2.05, 4.69) is 19.1 Å². The van der Waals surface area contributed by atoms with Gasteiger partial charge in [-0.15, -0.1) is 0 Å². The van der Waals surface area contributed by atoms with Crippen LogP contribution in [0, 0.1) is 23.7 Å². The smallest absolute Gasteiger partial charge is 0.127 e. The molecule has 3 fully saturated rings. The van der Waals surface area contributed by atoms with E-state index in [1.165, 1.54) is 71.2 Å². The predicted molar refractivity (Wildman–Crippen MR) is 86.5 cm³/mol. The summed E-state index contributed by atoms with van der Waals surface area (Å²) in [5.41, 5.74) is 0. The van der Waals surface area contributed by atoms with E-state index in [9.17, 15) is 0 Å². The largest absolute Gasteiger partial charge is 0.325 e. The van der Waals surface area contributed by atoms with Gasteiger partial charge >= 0.3 is 0 Å². The Morgan fingerprint density at radius 3 is 2.29 bits per heavy atom. The molecule has 118 valence electrons. The molecule has 1 aliphatic heterocycles. The number of nitrogens with one attached hydrogen (secondary N) is 2. The molecule has 0 amide bonds. The van der Waals surface area contributed by atoms with E-state index in [0.29, 0.717) is 0 Å². The van der Waals surface area contributed by atoms with Crippen LogP contribution < -0.4 is 9.80 Å². The average Bonchev–Trinajstić information content (AvgIpc) is 3.12. The van der Waals surface area contributed by atoms with Crippen molar-refractivity contribution in [3.05, 3.63) is 12.2 Å². The van der Waals surface area contributed by atoms with Gasteiger partial charge in [0.25, 0.3) is 0 Å². The van der Waals surface area contributed by atoms with Gasteiger partial charge in [-0.05, 0) is 56.3 Å². The standard InChI is InChI=1S/C19H32N2/c1-15-2-6-19(7-3-15)21-10-8-20(9-11-21)14-18-13-16-4-5-17(18)12-16/h4-5,15-19H,2-3,6-14H2,1H3/p+2/t15?,16-,17+,18-,19?/m0/s1. The first-order chi connectivity index (χ1) is 10.3. The summed E-state index contributed by atoms with van der Waals surface area (Å²) >= 11 is 0. The van der Waals surface area contributed by atoms with Crippen molar-refractivity contribution in [1.29, 1.82) is 0 Å². The van der Waals surface area contributed by atoms with Crippen molar-refractivity contribution in [2.75, 3.05) is 32.7 Å². The highest BCUT2D eigenvalue weighted by atomic mass is 15.3. The number of fused-ring (bicyclic) bond motifs is 2. The summed E-state index contributed by atoms with van der Waals surface area (Å²) in [7, 11) is 0. The second-order valence-corrected chi connectivity index (χ2v) is 8.61.